The molecule has 0 aliphatic carbocycles. The highest BCUT2D eigenvalue weighted by Gasteiger charge is 2.34. The van der Waals surface area contributed by atoms with Crippen LogP contribution < -0.4 is 9.62 Å². The third kappa shape index (κ3) is 8.35. The Morgan fingerprint density at radius 1 is 0.750 bits per heavy atom. The van der Waals surface area contributed by atoms with E-state index in [1.165, 1.54) is 4.90 Å². The predicted molar refractivity (Wildman–Crippen MR) is 176 cm³/mol. The Balaban J connectivity index is 1.80. The molecule has 0 aliphatic rings. The summed E-state index contributed by atoms with van der Waals surface area (Å²) in [6.07, 6.45) is 1.02. The fourth-order valence-corrected chi connectivity index (χ4v) is 6.48. The van der Waals surface area contributed by atoms with E-state index in [0.717, 1.165) is 38.5 Å². The van der Waals surface area contributed by atoms with Gasteiger partial charge in [-0.05, 0) is 68.1 Å². The van der Waals surface area contributed by atoms with E-state index in [0.29, 0.717) is 12.2 Å². The maximum Gasteiger partial charge on any atom is 0.264 e. The fraction of sp³-hybridized carbons (Fsp3) is 0.278. The van der Waals surface area contributed by atoms with Gasteiger partial charge in [0.15, 0.2) is 0 Å². The molecule has 0 aromatic heterocycles. The molecule has 0 bridgehead atoms. The van der Waals surface area contributed by atoms with E-state index in [2.05, 4.69) is 5.32 Å². The van der Waals surface area contributed by atoms with Gasteiger partial charge in [0.25, 0.3) is 10.0 Å². The number of carbonyl (C=O) groups is 2. The van der Waals surface area contributed by atoms with Gasteiger partial charge in [-0.1, -0.05) is 96.9 Å². The van der Waals surface area contributed by atoms with Crippen molar-refractivity contribution < 1.29 is 18.0 Å². The number of anilines is 1. The lowest BCUT2D eigenvalue weighted by molar-refractivity contribution is -0.140. The Morgan fingerprint density at radius 3 is 2.02 bits per heavy atom. The van der Waals surface area contributed by atoms with E-state index in [4.69, 9.17) is 0 Å². The average molecular weight is 612 g/mol. The summed E-state index contributed by atoms with van der Waals surface area (Å²) in [5.74, 6) is -0.753. The Kier molecular flexibility index (Phi) is 11.0. The molecule has 230 valence electrons. The first-order valence-electron chi connectivity index (χ1n) is 14.9. The molecule has 1 N–H and O–H groups in total. The third-order valence-corrected chi connectivity index (χ3v) is 9.22. The standard InChI is InChI=1S/C36H41N3O4S/c1-5-21-37-36(41)34(24-30-13-7-6-8-14-30)38(25-31-15-9-11-28(3)22-31)35(40)26-39(32-16-10-12-29(4)23-32)44(42,43)33-19-17-27(2)18-20-33/h6-20,22-23,34H,5,21,24-26H2,1-4H3,(H,37,41). The molecule has 44 heavy (non-hydrogen) atoms. The summed E-state index contributed by atoms with van der Waals surface area (Å²) in [6.45, 7) is 7.84. The summed E-state index contributed by atoms with van der Waals surface area (Å²) >= 11 is 0. The van der Waals surface area contributed by atoms with Gasteiger partial charge < -0.3 is 10.2 Å². The van der Waals surface area contributed by atoms with Crippen molar-refractivity contribution in [2.24, 2.45) is 0 Å². The van der Waals surface area contributed by atoms with Gasteiger partial charge in [-0.2, -0.15) is 0 Å². The van der Waals surface area contributed by atoms with Crippen molar-refractivity contribution in [2.45, 2.75) is 58.0 Å². The summed E-state index contributed by atoms with van der Waals surface area (Å²) in [4.78, 5) is 29.8. The van der Waals surface area contributed by atoms with Crippen LogP contribution in [0.5, 0.6) is 0 Å². The fourth-order valence-electron chi connectivity index (χ4n) is 5.08. The molecule has 7 nitrogen and oxygen atoms in total. The largest absolute Gasteiger partial charge is 0.354 e. The molecule has 1 atom stereocenters. The number of hydrogen-bond donors (Lipinski definition) is 1. The van der Waals surface area contributed by atoms with Gasteiger partial charge in [0.05, 0.1) is 10.6 Å². The molecule has 0 saturated heterocycles. The van der Waals surface area contributed by atoms with Crippen LogP contribution in [0.1, 0.15) is 41.2 Å². The van der Waals surface area contributed by atoms with Gasteiger partial charge in [-0.25, -0.2) is 8.42 Å². The zero-order valence-electron chi connectivity index (χ0n) is 25.9. The van der Waals surface area contributed by atoms with E-state index < -0.39 is 28.5 Å². The van der Waals surface area contributed by atoms with Crippen molar-refractivity contribution in [3.05, 3.63) is 131 Å². The average Bonchev–Trinajstić information content (AvgIpc) is 3.01. The minimum absolute atomic E-state index is 0.0872. The van der Waals surface area contributed by atoms with Crippen molar-refractivity contribution in [3.8, 4) is 0 Å². The topological polar surface area (TPSA) is 86.8 Å². The first-order valence-corrected chi connectivity index (χ1v) is 16.3. The van der Waals surface area contributed by atoms with E-state index in [1.54, 1.807) is 42.5 Å². The SMILES string of the molecule is CCCNC(=O)C(Cc1ccccc1)N(Cc1cccc(C)c1)C(=O)CN(c1cccc(C)c1)S(=O)(=O)c1ccc(C)cc1. The van der Waals surface area contributed by atoms with Crippen molar-refractivity contribution in [1.29, 1.82) is 0 Å². The third-order valence-electron chi connectivity index (χ3n) is 7.43. The molecule has 2 amide bonds. The lowest BCUT2D eigenvalue weighted by atomic mass is 10.0. The molecule has 0 heterocycles. The molecule has 0 radical (unpaired) electrons. The van der Waals surface area contributed by atoms with Gasteiger partial charge in [-0.15, -0.1) is 0 Å². The smallest absolute Gasteiger partial charge is 0.264 e. The van der Waals surface area contributed by atoms with Crippen LogP contribution >= 0.6 is 0 Å². The number of nitrogens with zero attached hydrogens (tertiary/aromatic N) is 2. The molecule has 8 heteroatoms. The highest BCUT2D eigenvalue weighted by molar-refractivity contribution is 7.92. The molecule has 4 aromatic carbocycles. The first-order chi connectivity index (χ1) is 21.1. The zero-order valence-corrected chi connectivity index (χ0v) is 26.7. The van der Waals surface area contributed by atoms with Gasteiger partial charge in [0.2, 0.25) is 11.8 Å². The van der Waals surface area contributed by atoms with Crippen LogP contribution in [0.2, 0.25) is 0 Å². The predicted octanol–water partition coefficient (Wildman–Crippen LogP) is 5.97. The quantitative estimate of drug-likeness (QED) is 0.202. The second-order valence-corrected chi connectivity index (χ2v) is 13.0. The molecule has 4 rings (SSSR count). The van der Waals surface area contributed by atoms with Gasteiger partial charge in [-0.3, -0.25) is 13.9 Å². The second kappa shape index (κ2) is 14.8. The number of carbonyl (C=O) groups excluding carboxylic acids is 2. The summed E-state index contributed by atoms with van der Waals surface area (Å²) in [5, 5.41) is 2.97. The number of aryl methyl sites for hydroxylation is 3. The number of nitrogens with one attached hydrogen (secondary N) is 1. The van der Waals surface area contributed by atoms with Crippen LogP contribution in [0, 0.1) is 20.8 Å². The summed E-state index contributed by atoms with van der Waals surface area (Å²) in [7, 11) is -4.13. The lowest BCUT2D eigenvalue weighted by Gasteiger charge is -2.34. The minimum Gasteiger partial charge on any atom is -0.354 e. The Bertz CT molecular complexity index is 1670. The Labute approximate surface area is 261 Å². The van der Waals surface area contributed by atoms with Crippen LogP contribution in [-0.4, -0.2) is 44.3 Å². The molecule has 0 fully saturated rings. The van der Waals surface area contributed by atoms with Crippen LogP contribution in [-0.2, 0) is 32.6 Å². The summed E-state index contributed by atoms with van der Waals surface area (Å²) < 4.78 is 29.4. The first kappa shape index (κ1) is 32.5. The molecule has 4 aromatic rings. The minimum atomic E-state index is -4.13. The molecular formula is C36H41N3O4S. The number of benzene rings is 4. The Morgan fingerprint density at radius 2 is 1.39 bits per heavy atom. The number of amides is 2. The maximum absolute atomic E-state index is 14.5. The van der Waals surface area contributed by atoms with Crippen molar-refractivity contribution in [1.82, 2.24) is 10.2 Å². The number of rotatable bonds is 13. The summed E-state index contributed by atoms with van der Waals surface area (Å²) in [5.41, 5.74) is 4.93. The van der Waals surface area contributed by atoms with Crippen LogP contribution in [0.4, 0.5) is 5.69 Å². The Hall–Kier alpha value is -4.43. The lowest BCUT2D eigenvalue weighted by Crippen LogP contribution is -2.53. The zero-order chi connectivity index (χ0) is 31.7. The van der Waals surface area contributed by atoms with E-state index in [9.17, 15) is 18.0 Å². The van der Waals surface area contributed by atoms with Crippen molar-refractivity contribution >= 4 is 27.5 Å². The maximum atomic E-state index is 14.5. The molecule has 0 saturated carbocycles. The van der Waals surface area contributed by atoms with Gasteiger partial charge in [0.1, 0.15) is 12.6 Å². The molecular weight excluding hydrogens is 570 g/mol. The van der Waals surface area contributed by atoms with E-state index >= 15 is 0 Å². The molecule has 1 unspecified atom stereocenters. The van der Waals surface area contributed by atoms with Crippen molar-refractivity contribution in [2.75, 3.05) is 17.4 Å². The highest BCUT2D eigenvalue weighted by atomic mass is 32.2. The normalized spacial score (nSPS) is 11.9. The van der Waals surface area contributed by atoms with Gasteiger partial charge >= 0.3 is 0 Å². The highest BCUT2D eigenvalue weighted by Crippen LogP contribution is 2.26. The van der Waals surface area contributed by atoms with E-state index in [-0.39, 0.29) is 23.8 Å². The molecule has 0 aliphatic heterocycles. The monoisotopic (exact) mass is 611 g/mol. The summed E-state index contributed by atoms with van der Waals surface area (Å²) in [6, 6.07) is 30.1. The van der Waals surface area contributed by atoms with Crippen molar-refractivity contribution in [3.63, 3.8) is 0 Å². The number of hydrogen-bond acceptors (Lipinski definition) is 4. The van der Waals surface area contributed by atoms with E-state index in [1.807, 2.05) is 88.4 Å². The van der Waals surface area contributed by atoms with Crippen LogP contribution in [0.25, 0.3) is 0 Å². The van der Waals surface area contributed by atoms with Crippen LogP contribution in [0.15, 0.2) is 108 Å². The number of sulfonamides is 1. The van der Waals surface area contributed by atoms with Crippen LogP contribution in [0.3, 0.4) is 0 Å². The van der Waals surface area contributed by atoms with Gasteiger partial charge in [0, 0.05) is 19.5 Å². The second-order valence-electron chi connectivity index (χ2n) is 11.2. The molecule has 0 spiro atoms.